The molecule has 5 N–H and O–H groups in total. The average molecular weight is 273 g/mol. The highest BCUT2D eigenvalue weighted by Gasteiger charge is 2.18. The molecule has 0 aliphatic heterocycles. The van der Waals surface area contributed by atoms with Crippen molar-refractivity contribution in [2.75, 3.05) is 5.32 Å². The molecule has 0 atom stereocenters. The molecule has 0 spiro atoms. The van der Waals surface area contributed by atoms with Crippen molar-refractivity contribution in [3.8, 4) is 0 Å². The Labute approximate surface area is 120 Å². The topological polar surface area (TPSA) is 83.8 Å². The van der Waals surface area contributed by atoms with E-state index in [0.29, 0.717) is 6.04 Å². The maximum Gasteiger partial charge on any atom is 0.199 e. The molecule has 0 radical (unpaired) electrons. The van der Waals surface area contributed by atoms with Gasteiger partial charge in [0.15, 0.2) is 11.9 Å². The minimum Gasteiger partial charge on any atom is -0.353 e. The van der Waals surface area contributed by atoms with Crippen molar-refractivity contribution in [1.29, 1.82) is 10.8 Å². The SMILES string of the molecule is CC1CCC(NC(=N)NC(=N)Nc2ccccc2)CC1. The maximum atomic E-state index is 7.87. The van der Waals surface area contributed by atoms with Gasteiger partial charge in [-0.3, -0.25) is 16.1 Å². The van der Waals surface area contributed by atoms with Crippen LogP contribution in [-0.4, -0.2) is 18.0 Å². The Hall–Kier alpha value is -2.04. The van der Waals surface area contributed by atoms with Crippen LogP contribution in [0.1, 0.15) is 32.6 Å². The Morgan fingerprint density at radius 1 is 1.00 bits per heavy atom. The Balaban J connectivity index is 1.72. The first kappa shape index (κ1) is 14.4. The van der Waals surface area contributed by atoms with Crippen LogP contribution in [0.3, 0.4) is 0 Å². The summed E-state index contributed by atoms with van der Waals surface area (Å²) < 4.78 is 0. The first-order valence-corrected chi connectivity index (χ1v) is 7.16. The average Bonchev–Trinajstić information content (AvgIpc) is 2.42. The Morgan fingerprint density at radius 3 is 2.30 bits per heavy atom. The van der Waals surface area contributed by atoms with Crippen molar-refractivity contribution in [2.45, 2.75) is 38.6 Å². The summed E-state index contributed by atoms with van der Waals surface area (Å²) in [7, 11) is 0. The summed E-state index contributed by atoms with van der Waals surface area (Å²) >= 11 is 0. The van der Waals surface area contributed by atoms with Gasteiger partial charge >= 0.3 is 0 Å². The van der Waals surface area contributed by atoms with Crippen LogP contribution in [0.2, 0.25) is 0 Å². The number of para-hydroxylation sites is 1. The molecule has 0 amide bonds. The molecule has 0 saturated heterocycles. The summed E-state index contributed by atoms with van der Waals surface area (Å²) in [6, 6.07) is 9.86. The highest BCUT2D eigenvalue weighted by molar-refractivity contribution is 6.02. The second-order valence-electron chi connectivity index (χ2n) is 5.47. The summed E-state index contributed by atoms with van der Waals surface area (Å²) in [5.74, 6) is 1.10. The third-order valence-electron chi connectivity index (χ3n) is 3.66. The molecule has 1 saturated carbocycles. The molecular weight excluding hydrogens is 250 g/mol. The van der Waals surface area contributed by atoms with Gasteiger partial charge in [0.2, 0.25) is 0 Å². The quantitative estimate of drug-likeness (QED) is 0.424. The number of benzene rings is 1. The Kier molecular flexibility index (Phi) is 4.98. The number of guanidine groups is 2. The van der Waals surface area contributed by atoms with Gasteiger partial charge in [0.1, 0.15) is 0 Å². The molecule has 1 aliphatic rings. The normalized spacial score (nSPS) is 21.9. The molecule has 1 aliphatic carbocycles. The Morgan fingerprint density at radius 2 is 1.65 bits per heavy atom. The van der Waals surface area contributed by atoms with Gasteiger partial charge in [0.25, 0.3) is 0 Å². The van der Waals surface area contributed by atoms with E-state index in [1.54, 1.807) is 0 Å². The minimum atomic E-state index is 0.109. The fourth-order valence-electron chi connectivity index (χ4n) is 2.47. The third-order valence-corrected chi connectivity index (χ3v) is 3.66. The van der Waals surface area contributed by atoms with E-state index in [1.165, 1.54) is 12.8 Å². The van der Waals surface area contributed by atoms with Gasteiger partial charge in [-0.25, -0.2) is 0 Å². The van der Waals surface area contributed by atoms with Crippen molar-refractivity contribution < 1.29 is 0 Å². The van der Waals surface area contributed by atoms with Gasteiger partial charge in [-0.2, -0.15) is 0 Å². The molecule has 0 unspecified atom stereocenters. The fraction of sp³-hybridized carbons (Fsp3) is 0.467. The molecule has 0 bridgehead atoms. The van der Waals surface area contributed by atoms with Crippen LogP contribution in [0, 0.1) is 16.7 Å². The lowest BCUT2D eigenvalue weighted by atomic mass is 9.87. The molecule has 20 heavy (non-hydrogen) atoms. The monoisotopic (exact) mass is 273 g/mol. The third kappa shape index (κ3) is 4.57. The second kappa shape index (κ2) is 6.93. The number of nitrogens with one attached hydrogen (secondary N) is 5. The number of rotatable bonds is 2. The van der Waals surface area contributed by atoms with Crippen LogP contribution < -0.4 is 16.0 Å². The van der Waals surface area contributed by atoms with E-state index in [1.807, 2.05) is 30.3 Å². The zero-order valence-electron chi connectivity index (χ0n) is 11.9. The van der Waals surface area contributed by atoms with Gasteiger partial charge in [-0.1, -0.05) is 25.1 Å². The van der Waals surface area contributed by atoms with Crippen molar-refractivity contribution in [3.63, 3.8) is 0 Å². The largest absolute Gasteiger partial charge is 0.353 e. The smallest absolute Gasteiger partial charge is 0.199 e. The lowest BCUT2D eigenvalue weighted by molar-refractivity contribution is 0.330. The molecule has 108 valence electrons. The van der Waals surface area contributed by atoms with Gasteiger partial charge in [-0.15, -0.1) is 0 Å². The van der Waals surface area contributed by atoms with Crippen LogP contribution in [0.5, 0.6) is 0 Å². The number of anilines is 1. The standard InChI is InChI=1S/C15H23N5/c1-11-7-9-13(10-8-11)19-15(17)20-14(16)18-12-5-3-2-4-6-12/h2-6,11,13H,7-10H2,1H3,(H5,16,17,18,19,20). The van der Waals surface area contributed by atoms with E-state index in [0.717, 1.165) is 24.4 Å². The van der Waals surface area contributed by atoms with E-state index < -0.39 is 0 Å². The van der Waals surface area contributed by atoms with Crippen molar-refractivity contribution >= 4 is 17.6 Å². The first-order valence-electron chi connectivity index (χ1n) is 7.16. The number of hydrogen-bond donors (Lipinski definition) is 5. The molecule has 1 aromatic rings. The first-order chi connectivity index (χ1) is 9.63. The summed E-state index contributed by atoms with van der Waals surface area (Å²) in [4.78, 5) is 0. The summed E-state index contributed by atoms with van der Waals surface area (Å²) in [6.07, 6.45) is 4.63. The van der Waals surface area contributed by atoms with Crippen LogP contribution in [0.25, 0.3) is 0 Å². The summed E-state index contributed by atoms with van der Waals surface area (Å²) in [5, 5.41) is 24.5. The van der Waals surface area contributed by atoms with E-state index in [9.17, 15) is 0 Å². The molecule has 1 aromatic carbocycles. The highest BCUT2D eigenvalue weighted by Crippen LogP contribution is 2.23. The summed E-state index contributed by atoms with van der Waals surface area (Å²) in [6.45, 7) is 2.28. The maximum absolute atomic E-state index is 7.87. The van der Waals surface area contributed by atoms with E-state index in [2.05, 4.69) is 22.9 Å². The number of hydrogen-bond acceptors (Lipinski definition) is 2. The Bertz CT molecular complexity index is 449. The van der Waals surface area contributed by atoms with Crippen molar-refractivity contribution in [3.05, 3.63) is 30.3 Å². The van der Waals surface area contributed by atoms with Crippen LogP contribution in [0.4, 0.5) is 5.69 Å². The molecule has 5 heteroatoms. The highest BCUT2D eigenvalue weighted by atomic mass is 15.2. The summed E-state index contributed by atoms with van der Waals surface area (Å²) in [5.41, 5.74) is 0.837. The van der Waals surface area contributed by atoms with E-state index in [4.69, 9.17) is 10.8 Å². The van der Waals surface area contributed by atoms with Gasteiger partial charge in [0.05, 0.1) is 0 Å². The molecule has 0 heterocycles. The van der Waals surface area contributed by atoms with Crippen LogP contribution in [0.15, 0.2) is 30.3 Å². The lowest BCUT2D eigenvalue weighted by Gasteiger charge is -2.27. The molecule has 1 fully saturated rings. The zero-order valence-corrected chi connectivity index (χ0v) is 11.9. The second-order valence-corrected chi connectivity index (χ2v) is 5.47. The fourth-order valence-corrected chi connectivity index (χ4v) is 2.47. The van der Waals surface area contributed by atoms with E-state index in [-0.39, 0.29) is 11.9 Å². The van der Waals surface area contributed by atoms with Crippen LogP contribution in [-0.2, 0) is 0 Å². The van der Waals surface area contributed by atoms with Crippen molar-refractivity contribution in [2.24, 2.45) is 5.92 Å². The van der Waals surface area contributed by atoms with Crippen LogP contribution >= 0.6 is 0 Å². The lowest BCUT2D eigenvalue weighted by Crippen LogP contribution is -2.47. The van der Waals surface area contributed by atoms with Crippen molar-refractivity contribution in [1.82, 2.24) is 10.6 Å². The van der Waals surface area contributed by atoms with Gasteiger partial charge in [-0.05, 0) is 43.7 Å². The molecular formula is C15H23N5. The molecule has 0 aromatic heterocycles. The minimum absolute atomic E-state index is 0.109. The van der Waals surface area contributed by atoms with Gasteiger partial charge in [0, 0.05) is 11.7 Å². The zero-order chi connectivity index (χ0) is 14.4. The van der Waals surface area contributed by atoms with Gasteiger partial charge < -0.3 is 10.6 Å². The predicted octanol–water partition coefficient (Wildman–Crippen LogP) is 2.73. The molecule has 2 rings (SSSR count). The predicted molar refractivity (Wildman–Crippen MR) is 83.2 cm³/mol. The molecule has 5 nitrogen and oxygen atoms in total. The van der Waals surface area contributed by atoms with E-state index >= 15 is 0 Å².